The van der Waals surface area contributed by atoms with Gasteiger partial charge in [-0.25, -0.2) is 0 Å². The van der Waals surface area contributed by atoms with E-state index in [0.29, 0.717) is 19.1 Å². The highest BCUT2D eigenvalue weighted by Crippen LogP contribution is 2.47. The number of carbonyl (C=O) groups excluding carboxylic acids is 1. The van der Waals surface area contributed by atoms with Crippen LogP contribution in [-0.2, 0) is 14.3 Å². The van der Waals surface area contributed by atoms with E-state index >= 15 is 0 Å². The van der Waals surface area contributed by atoms with Crippen LogP contribution in [0.25, 0.3) is 0 Å². The number of methoxy groups -OCH3 is 1. The molecule has 2 saturated heterocycles. The highest BCUT2D eigenvalue weighted by molar-refractivity contribution is 5.82. The third-order valence-corrected chi connectivity index (χ3v) is 6.96. The molecule has 6 heteroatoms. The third kappa shape index (κ3) is 4.30. The molecule has 3 aliphatic rings. The molecular formula is C24H35NO5. The smallest absolute Gasteiger partial charge is 0.254 e. The van der Waals surface area contributed by atoms with Crippen molar-refractivity contribution in [2.45, 2.75) is 64.8 Å². The Balaban J connectivity index is 1.53. The molecular weight excluding hydrogens is 382 g/mol. The van der Waals surface area contributed by atoms with Gasteiger partial charge >= 0.3 is 0 Å². The zero-order valence-electron chi connectivity index (χ0n) is 18.9. The van der Waals surface area contributed by atoms with Gasteiger partial charge in [-0.3, -0.25) is 4.79 Å². The molecule has 2 heterocycles. The molecule has 0 aromatic heterocycles. The van der Waals surface area contributed by atoms with Gasteiger partial charge in [0.25, 0.3) is 5.91 Å². The summed E-state index contributed by atoms with van der Waals surface area (Å²) in [7, 11) is 1.68. The quantitative estimate of drug-likeness (QED) is 0.672. The van der Waals surface area contributed by atoms with Gasteiger partial charge in [0.2, 0.25) is 0 Å². The van der Waals surface area contributed by atoms with Crippen LogP contribution in [0.4, 0.5) is 0 Å². The molecule has 3 fully saturated rings. The predicted octanol–water partition coefficient (Wildman–Crippen LogP) is 3.98. The summed E-state index contributed by atoms with van der Waals surface area (Å²) in [6.45, 7) is 10.6. The van der Waals surface area contributed by atoms with E-state index < -0.39 is 11.9 Å². The summed E-state index contributed by atoms with van der Waals surface area (Å²) in [5.41, 5.74) is 1.19. The molecule has 0 N–H and O–H groups in total. The average molecular weight is 418 g/mol. The van der Waals surface area contributed by atoms with E-state index in [-0.39, 0.29) is 17.2 Å². The van der Waals surface area contributed by atoms with E-state index in [1.165, 1.54) is 18.4 Å². The van der Waals surface area contributed by atoms with Crippen molar-refractivity contribution in [1.82, 2.24) is 4.90 Å². The standard InChI is InChI=1S/C24H35NO5/c1-6-24(4)15-25(22(26)21-14-29-23(2,3)30-21)12-18(24)17-9-10-19(27-5)20(11-17)28-13-16-7-8-16/h9-11,16,18,21H,6-8,12-15H2,1-5H3. The second kappa shape index (κ2) is 8.04. The molecule has 0 radical (unpaired) electrons. The summed E-state index contributed by atoms with van der Waals surface area (Å²) in [5, 5.41) is 0. The Labute approximate surface area is 179 Å². The maximum atomic E-state index is 13.1. The molecule has 166 valence electrons. The number of benzene rings is 1. The summed E-state index contributed by atoms with van der Waals surface area (Å²) >= 11 is 0. The fraction of sp³-hybridized carbons (Fsp3) is 0.708. The van der Waals surface area contributed by atoms with Crippen LogP contribution in [0.1, 0.15) is 58.4 Å². The Bertz CT molecular complexity index is 790. The van der Waals surface area contributed by atoms with Crippen LogP contribution in [0.5, 0.6) is 11.5 Å². The van der Waals surface area contributed by atoms with Crippen LogP contribution in [0.2, 0.25) is 0 Å². The highest BCUT2D eigenvalue weighted by atomic mass is 16.7. The first-order chi connectivity index (χ1) is 14.2. The lowest BCUT2D eigenvalue weighted by Crippen LogP contribution is -2.40. The van der Waals surface area contributed by atoms with Gasteiger partial charge in [-0.15, -0.1) is 0 Å². The first-order valence-electron chi connectivity index (χ1n) is 11.2. The van der Waals surface area contributed by atoms with Crippen LogP contribution in [0.15, 0.2) is 18.2 Å². The van der Waals surface area contributed by atoms with E-state index in [9.17, 15) is 4.79 Å². The van der Waals surface area contributed by atoms with Crippen molar-refractivity contribution in [3.8, 4) is 11.5 Å². The Kier molecular flexibility index (Phi) is 5.75. The molecule has 4 rings (SSSR count). The molecule has 1 aromatic carbocycles. The highest BCUT2D eigenvalue weighted by Gasteiger charge is 2.47. The Morgan fingerprint density at radius 1 is 1.23 bits per heavy atom. The van der Waals surface area contributed by atoms with Crippen LogP contribution in [0, 0.1) is 11.3 Å². The minimum absolute atomic E-state index is 0.00695. The Hall–Kier alpha value is -1.79. The predicted molar refractivity (Wildman–Crippen MR) is 114 cm³/mol. The number of hydrogen-bond acceptors (Lipinski definition) is 5. The monoisotopic (exact) mass is 417 g/mol. The summed E-state index contributed by atoms with van der Waals surface area (Å²) < 4.78 is 23.1. The van der Waals surface area contributed by atoms with E-state index in [1.807, 2.05) is 24.8 Å². The first-order valence-corrected chi connectivity index (χ1v) is 11.2. The lowest BCUT2D eigenvalue weighted by molar-refractivity contribution is -0.159. The number of rotatable bonds is 7. The van der Waals surface area contributed by atoms with E-state index in [1.54, 1.807) is 7.11 Å². The first kappa shape index (κ1) is 21.4. The van der Waals surface area contributed by atoms with Gasteiger partial charge < -0.3 is 23.8 Å². The van der Waals surface area contributed by atoms with Gasteiger partial charge in [-0.2, -0.15) is 0 Å². The van der Waals surface area contributed by atoms with Gasteiger partial charge in [0.15, 0.2) is 23.4 Å². The van der Waals surface area contributed by atoms with Gasteiger partial charge in [0, 0.05) is 19.0 Å². The minimum Gasteiger partial charge on any atom is -0.493 e. The summed E-state index contributed by atoms with van der Waals surface area (Å²) in [6, 6.07) is 6.23. The van der Waals surface area contributed by atoms with Crippen LogP contribution < -0.4 is 9.47 Å². The van der Waals surface area contributed by atoms with E-state index in [2.05, 4.69) is 26.0 Å². The fourth-order valence-corrected chi connectivity index (χ4v) is 4.61. The molecule has 1 amide bonds. The van der Waals surface area contributed by atoms with Gasteiger partial charge in [0.1, 0.15) is 0 Å². The zero-order valence-corrected chi connectivity index (χ0v) is 18.9. The molecule has 3 unspecified atom stereocenters. The summed E-state index contributed by atoms with van der Waals surface area (Å²) in [6.07, 6.45) is 2.96. The molecule has 0 spiro atoms. The topological polar surface area (TPSA) is 57.2 Å². The number of carbonyl (C=O) groups is 1. The van der Waals surface area contributed by atoms with Crippen LogP contribution in [0.3, 0.4) is 0 Å². The number of hydrogen-bond donors (Lipinski definition) is 0. The van der Waals surface area contributed by atoms with Crippen molar-refractivity contribution in [3.05, 3.63) is 23.8 Å². The number of likely N-dealkylation sites (tertiary alicyclic amines) is 1. The van der Waals surface area contributed by atoms with Crippen molar-refractivity contribution in [2.24, 2.45) is 11.3 Å². The van der Waals surface area contributed by atoms with E-state index in [0.717, 1.165) is 31.1 Å². The lowest BCUT2D eigenvalue weighted by atomic mass is 9.74. The molecule has 2 aliphatic heterocycles. The zero-order chi connectivity index (χ0) is 21.5. The van der Waals surface area contributed by atoms with Crippen LogP contribution >= 0.6 is 0 Å². The largest absolute Gasteiger partial charge is 0.493 e. The molecule has 3 atom stereocenters. The minimum atomic E-state index is -0.697. The summed E-state index contributed by atoms with van der Waals surface area (Å²) in [4.78, 5) is 15.1. The van der Waals surface area contributed by atoms with Crippen molar-refractivity contribution < 1.29 is 23.7 Å². The molecule has 0 bridgehead atoms. The molecule has 1 aromatic rings. The summed E-state index contributed by atoms with van der Waals surface area (Å²) in [5.74, 6) is 1.81. The number of amides is 1. The van der Waals surface area contributed by atoms with E-state index in [4.69, 9.17) is 18.9 Å². The Morgan fingerprint density at radius 2 is 2.00 bits per heavy atom. The molecule has 30 heavy (non-hydrogen) atoms. The van der Waals surface area contributed by atoms with Gasteiger partial charge in [-0.05, 0) is 62.1 Å². The van der Waals surface area contributed by atoms with Crippen molar-refractivity contribution in [2.75, 3.05) is 33.4 Å². The van der Waals surface area contributed by atoms with Crippen molar-refractivity contribution in [1.29, 1.82) is 0 Å². The SMILES string of the molecule is CCC1(C)CN(C(=O)C2COC(C)(C)O2)CC1c1ccc(OC)c(OCC2CC2)c1. The van der Waals surface area contributed by atoms with Crippen LogP contribution in [-0.4, -0.2) is 56.1 Å². The molecule has 6 nitrogen and oxygen atoms in total. The second-order valence-electron chi connectivity index (χ2n) is 9.76. The maximum absolute atomic E-state index is 13.1. The fourth-order valence-electron chi connectivity index (χ4n) is 4.61. The number of nitrogens with zero attached hydrogens (tertiary/aromatic N) is 1. The van der Waals surface area contributed by atoms with Gasteiger partial charge in [0.05, 0.1) is 20.3 Å². The molecule has 1 aliphatic carbocycles. The Morgan fingerprint density at radius 3 is 2.60 bits per heavy atom. The third-order valence-electron chi connectivity index (χ3n) is 6.96. The van der Waals surface area contributed by atoms with Crippen molar-refractivity contribution in [3.63, 3.8) is 0 Å². The maximum Gasteiger partial charge on any atom is 0.254 e. The average Bonchev–Trinajstić information content (AvgIpc) is 3.39. The van der Waals surface area contributed by atoms with Gasteiger partial charge in [-0.1, -0.05) is 19.9 Å². The van der Waals surface area contributed by atoms with Crippen molar-refractivity contribution >= 4 is 5.91 Å². The second-order valence-corrected chi connectivity index (χ2v) is 9.76. The molecule has 1 saturated carbocycles. The number of ether oxygens (including phenoxy) is 4. The normalized spacial score (nSPS) is 30.5. The lowest BCUT2D eigenvalue weighted by Gasteiger charge is -2.29.